The molecule has 1 fully saturated rings. The molecule has 1 saturated carbocycles. The maximum Gasteiger partial charge on any atom is -0.0412 e. The van der Waals surface area contributed by atoms with Gasteiger partial charge in [0.2, 0.25) is 0 Å². The lowest BCUT2D eigenvalue weighted by molar-refractivity contribution is 0.400. The molecule has 0 saturated heterocycles. The molecular formula is C12H24. The van der Waals surface area contributed by atoms with Gasteiger partial charge in [-0.2, -0.15) is 0 Å². The third kappa shape index (κ3) is 3.16. The Kier molecular flexibility index (Phi) is 4.11. The molecule has 72 valence electrons. The summed E-state index contributed by atoms with van der Waals surface area (Å²) in [7, 11) is 0. The molecule has 1 rings (SSSR count). The summed E-state index contributed by atoms with van der Waals surface area (Å²) in [5.74, 6) is 3.06. The smallest absolute Gasteiger partial charge is 0.0412 e. The normalized spacial score (nSPS) is 32.2. The van der Waals surface area contributed by atoms with Gasteiger partial charge >= 0.3 is 0 Å². The first-order valence-corrected chi connectivity index (χ1v) is 5.72. The van der Waals surface area contributed by atoms with E-state index < -0.39 is 0 Å². The minimum absolute atomic E-state index is 0.959. The molecule has 1 aliphatic carbocycles. The van der Waals surface area contributed by atoms with E-state index in [2.05, 4.69) is 20.8 Å². The summed E-state index contributed by atoms with van der Waals surface area (Å²) in [6, 6.07) is 0. The van der Waals surface area contributed by atoms with Crippen LogP contribution < -0.4 is 0 Å². The lowest BCUT2D eigenvalue weighted by atomic mass is 9.94. The van der Waals surface area contributed by atoms with Crippen LogP contribution in [0.25, 0.3) is 0 Å². The van der Waals surface area contributed by atoms with E-state index in [9.17, 15) is 0 Å². The molecule has 12 heavy (non-hydrogen) atoms. The highest BCUT2D eigenvalue weighted by molar-refractivity contribution is 4.73. The van der Waals surface area contributed by atoms with Crippen LogP contribution in [0.5, 0.6) is 0 Å². The van der Waals surface area contributed by atoms with Crippen LogP contribution in [0.2, 0.25) is 0 Å². The molecule has 0 aromatic carbocycles. The van der Waals surface area contributed by atoms with Crippen molar-refractivity contribution >= 4 is 0 Å². The monoisotopic (exact) mass is 168 g/mol. The molecule has 0 aromatic rings. The molecule has 3 unspecified atom stereocenters. The Labute approximate surface area is 77.7 Å². The second kappa shape index (κ2) is 4.89. The summed E-state index contributed by atoms with van der Waals surface area (Å²) in [6.07, 6.45) is 8.84. The Bertz CT molecular complexity index is 117. The molecule has 0 aromatic heterocycles. The second-order valence-corrected chi connectivity index (χ2v) is 4.88. The van der Waals surface area contributed by atoms with Crippen LogP contribution in [-0.4, -0.2) is 0 Å². The van der Waals surface area contributed by atoms with Gasteiger partial charge in [0.25, 0.3) is 0 Å². The molecule has 1 aliphatic rings. The van der Waals surface area contributed by atoms with Crippen LogP contribution >= 0.6 is 0 Å². The van der Waals surface area contributed by atoms with Crippen LogP contribution in [0.1, 0.15) is 59.3 Å². The summed E-state index contributed by atoms with van der Waals surface area (Å²) in [5.41, 5.74) is 0. The highest BCUT2D eigenvalue weighted by Crippen LogP contribution is 2.34. The zero-order valence-corrected chi connectivity index (χ0v) is 8.97. The molecule has 0 heterocycles. The lowest BCUT2D eigenvalue weighted by Crippen LogP contribution is -1.99. The average molecular weight is 168 g/mol. The quantitative estimate of drug-likeness (QED) is 0.588. The van der Waals surface area contributed by atoms with Crippen molar-refractivity contribution in [3.8, 4) is 0 Å². The van der Waals surface area contributed by atoms with Gasteiger partial charge in [-0.15, -0.1) is 0 Å². The summed E-state index contributed by atoms with van der Waals surface area (Å²) >= 11 is 0. The first-order chi connectivity index (χ1) is 5.72. The maximum absolute atomic E-state index is 2.41. The van der Waals surface area contributed by atoms with Crippen molar-refractivity contribution in [2.24, 2.45) is 17.8 Å². The third-order valence-electron chi connectivity index (χ3n) is 3.57. The molecular weight excluding hydrogens is 144 g/mol. The van der Waals surface area contributed by atoms with Crippen molar-refractivity contribution in [3.05, 3.63) is 0 Å². The van der Waals surface area contributed by atoms with Gasteiger partial charge in [-0.1, -0.05) is 52.9 Å². The molecule has 0 bridgehead atoms. The number of rotatable bonds is 4. The van der Waals surface area contributed by atoms with E-state index >= 15 is 0 Å². The fraction of sp³-hybridized carbons (Fsp3) is 1.00. The predicted molar refractivity (Wildman–Crippen MR) is 55.2 cm³/mol. The Balaban J connectivity index is 2.07. The molecule has 0 N–H and O–H groups in total. The van der Waals surface area contributed by atoms with Crippen LogP contribution in [-0.2, 0) is 0 Å². The molecule has 0 heteroatoms. The first-order valence-electron chi connectivity index (χ1n) is 5.72. The molecule has 0 nitrogen and oxygen atoms in total. The summed E-state index contributed by atoms with van der Waals surface area (Å²) in [4.78, 5) is 0. The Morgan fingerprint density at radius 1 is 1.33 bits per heavy atom. The van der Waals surface area contributed by atoms with Crippen molar-refractivity contribution in [1.82, 2.24) is 0 Å². The minimum atomic E-state index is 0.959. The Morgan fingerprint density at radius 3 is 2.58 bits per heavy atom. The van der Waals surface area contributed by atoms with Crippen LogP contribution in [0.15, 0.2) is 0 Å². The number of hydrogen-bond acceptors (Lipinski definition) is 0. The van der Waals surface area contributed by atoms with E-state index in [1.165, 1.54) is 38.5 Å². The van der Waals surface area contributed by atoms with Crippen molar-refractivity contribution < 1.29 is 0 Å². The summed E-state index contributed by atoms with van der Waals surface area (Å²) in [6.45, 7) is 7.10. The fourth-order valence-corrected chi connectivity index (χ4v) is 2.31. The van der Waals surface area contributed by atoms with E-state index in [4.69, 9.17) is 0 Å². The van der Waals surface area contributed by atoms with Gasteiger partial charge in [-0.25, -0.2) is 0 Å². The molecule has 0 aliphatic heterocycles. The van der Waals surface area contributed by atoms with Crippen LogP contribution in [0, 0.1) is 17.8 Å². The van der Waals surface area contributed by atoms with Gasteiger partial charge in [0.05, 0.1) is 0 Å². The van der Waals surface area contributed by atoms with Crippen molar-refractivity contribution in [2.75, 3.05) is 0 Å². The highest BCUT2D eigenvalue weighted by Gasteiger charge is 2.20. The highest BCUT2D eigenvalue weighted by atomic mass is 14.3. The number of hydrogen-bond donors (Lipinski definition) is 0. The van der Waals surface area contributed by atoms with E-state index in [1.54, 1.807) is 0 Å². The molecule has 0 radical (unpaired) electrons. The Hall–Kier alpha value is 0. The van der Waals surface area contributed by atoms with Crippen LogP contribution in [0.4, 0.5) is 0 Å². The van der Waals surface area contributed by atoms with Crippen molar-refractivity contribution in [3.63, 3.8) is 0 Å². The van der Waals surface area contributed by atoms with Gasteiger partial charge in [0.1, 0.15) is 0 Å². The van der Waals surface area contributed by atoms with Crippen molar-refractivity contribution in [1.29, 1.82) is 0 Å². The zero-order valence-electron chi connectivity index (χ0n) is 8.97. The van der Waals surface area contributed by atoms with Gasteiger partial charge in [0, 0.05) is 0 Å². The second-order valence-electron chi connectivity index (χ2n) is 4.88. The fourth-order valence-electron chi connectivity index (χ4n) is 2.31. The summed E-state index contributed by atoms with van der Waals surface area (Å²) < 4.78 is 0. The first kappa shape index (κ1) is 10.1. The van der Waals surface area contributed by atoms with Crippen LogP contribution in [0.3, 0.4) is 0 Å². The largest absolute Gasteiger partial charge is 0.0651 e. The van der Waals surface area contributed by atoms with Crippen molar-refractivity contribution in [2.45, 2.75) is 59.3 Å². The SMILES string of the molecule is CCC(C)CCC1CCC(C)C1. The third-order valence-corrected chi connectivity index (χ3v) is 3.57. The predicted octanol–water partition coefficient (Wildman–Crippen LogP) is 4.25. The summed E-state index contributed by atoms with van der Waals surface area (Å²) in [5, 5.41) is 0. The van der Waals surface area contributed by atoms with E-state index in [-0.39, 0.29) is 0 Å². The average Bonchev–Trinajstić information content (AvgIpc) is 2.47. The van der Waals surface area contributed by atoms with E-state index in [1.807, 2.05) is 0 Å². The zero-order chi connectivity index (χ0) is 8.97. The molecule has 0 spiro atoms. The standard InChI is InChI=1S/C12H24/c1-4-10(2)5-7-12-8-6-11(3)9-12/h10-12H,4-9H2,1-3H3. The molecule has 0 amide bonds. The molecule has 3 atom stereocenters. The van der Waals surface area contributed by atoms with Gasteiger partial charge in [-0.3, -0.25) is 0 Å². The minimum Gasteiger partial charge on any atom is -0.0651 e. The van der Waals surface area contributed by atoms with Gasteiger partial charge in [-0.05, 0) is 24.2 Å². The van der Waals surface area contributed by atoms with E-state index in [0.29, 0.717) is 0 Å². The van der Waals surface area contributed by atoms with Gasteiger partial charge < -0.3 is 0 Å². The van der Waals surface area contributed by atoms with E-state index in [0.717, 1.165) is 17.8 Å². The topological polar surface area (TPSA) is 0 Å². The lowest BCUT2D eigenvalue weighted by Gasteiger charge is -2.12. The Morgan fingerprint density at radius 2 is 2.08 bits per heavy atom. The van der Waals surface area contributed by atoms with Gasteiger partial charge in [0.15, 0.2) is 0 Å². The maximum atomic E-state index is 2.41.